The van der Waals surface area contributed by atoms with Gasteiger partial charge in [0.15, 0.2) is 0 Å². The topological polar surface area (TPSA) is 52.7 Å². The molecule has 0 aliphatic carbocycles. The van der Waals surface area contributed by atoms with Gasteiger partial charge in [-0.15, -0.1) is 0 Å². The molecule has 3 aromatic carbocycles. The molecule has 3 amide bonds. The lowest BCUT2D eigenvalue weighted by atomic mass is 10.1. The van der Waals surface area contributed by atoms with Gasteiger partial charge in [0.2, 0.25) is 0 Å². The van der Waals surface area contributed by atoms with Gasteiger partial charge < -0.3 is 10.2 Å². The third-order valence-electron chi connectivity index (χ3n) is 5.65. The number of aryl methyl sites for hydroxylation is 2. The molecule has 1 heterocycles. The quantitative estimate of drug-likeness (QED) is 0.489. The molecule has 4 rings (SSSR count). The monoisotopic (exact) mass is 465 g/mol. The number of amides is 3. The Morgan fingerprint density at radius 2 is 1.82 bits per heavy atom. The fraction of sp³-hybridized carbons (Fsp3) is 0.231. The van der Waals surface area contributed by atoms with Gasteiger partial charge in [-0.2, -0.15) is 0 Å². The van der Waals surface area contributed by atoms with E-state index in [-0.39, 0.29) is 18.5 Å². The Labute approximate surface area is 197 Å². The van der Waals surface area contributed by atoms with E-state index in [2.05, 4.69) is 5.32 Å². The van der Waals surface area contributed by atoms with Gasteiger partial charge >= 0.3 is 6.03 Å². The van der Waals surface area contributed by atoms with E-state index in [1.54, 1.807) is 15.9 Å². The standard InChI is InChI=1S/C26H25ClFN3O2/c1-17-5-3-6-19(13-17)25(32)29-23-14-18(2)7-10-24(23)31-12-4-11-30(26(31)33)16-20-15-21(28)8-9-22(20)27/h3,5-10,13-15H,4,11-12,16H2,1-2H3,(H,29,32). The van der Waals surface area contributed by atoms with Crippen LogP contribution in [0.25, 0.3) is 0 Å². The minimum Gasteiger partial charge on any atom is -0.320 e. The molecule has 33 heavy (non-hydrogen) atoms. The number of benzene rings is 3. The molecular weight excluding hydrogens is 441 g/mol. The van der Waals surface area contributed by atoms with Crippen LogP contribution in [0.15, 0.2) is 60.7 Å². The van der Waals surface area contributed by atoms with Crippen LogP contribution in [0, 0.1) is 19.7 Å². The molecule has 0 bridgehead atoms. The van der Waals surface area contributed by atoms with Crippen LogP contribution in [0.2, 0.25) is 5.02 Å². The highest BCUT2D eigenvalue weighted by molar-refractivity contribution is 6.31. The van der Waals surface area contributed by atoms with E-state index in [0.29, 0.717) is 40.6 Å². The van der Waals surface area contributed by atoms with E-state index in [4.69, 9.17) is 11.6 Å². The van der Waals surface area contributed by atoms with Crippen LogP contribution in [0.3, 0.4) is 0 Å². The van der Waals surface area contributed by atoms with Gasteiger partial charge in [0.25, 0.3) is 5.91 Å². The van der Waals surface area contributed by atoms with Crippen LogP contribution in [0.5, 0.6) is 0 Å². The molecule has 170 valence electrons. The number of nitrogens with one attached hydrogen (secondary N) is 1. The number of hydrogen-bond donors (Lipinski definition) is 1. The maximum Gasteiger partial charge on any atom is 0.324 e. The Kier molecular flexibility index (Phi) is 6.65. The van der Waals surface area contributed by atoms with E-state index in [1.807, 2.05) is 50.2 Å². The van der Waals surface area contributed by atoms with Gasteiger partial charge in [-0.1, -0.05) is 35.4 Å². The van der Waals surface area contributed by atoms with Crippen molar-refractivity contribution in [3.8, 4) is 0 Å². The third kappa shape index (κ3) is 5.17. The van der Waals surface area contributed by atoms with Crippen molar-refractivity contribution >= 4 is 34.9 Å². The van der Waals surface area contributed by atoms with Crippen LogP contribution in [0.1, 0.15) is 33.5 Å². The molecule has 0 spiro atoms. The summed E-state index contributed by atoms with van der Waals surface area (Å²) in [4.78, 5) is 29.6. The molecule has 1 aliphatic heterocycles. The van der Waals surface area contributed by atoms with Crippen molar-refractivity contribution < 1.29 is 14.0 Å². The summed E-state index contributed by atoms with van der Waals surface area (Å²) in [6.45, 7) is 5.13. The molecule has 0 atom stereocenters. The Bertz CT molecular complexity index is 1210. The number of nitrogens with zero attached hydrogens (tertiary/aromatic N) is 2. The third-order valence-corrected chi connectivity index (χ3v) is 6.02. The first-order chi connectivity index (χ1) is 15.8. The maximum absolute atomic E-state index is 13.7. The lowest BCUT2D eigenvalue weighted by molar-refractivity contribution is 0.102. The largest absolute Gasteiger partial charge is 0.324 e. The predicted octanol–water partition coefficient (Wildman–Crippen LogP) is 6.18. The zero-order valence-electron chi connectivity index (χ0n) is 18.6. The predicted molar refractivity (Wildman–Crippen MR) is 129 cm³/mol. The first kappa shape index (κ1) is 22.8. The van der Waals surface area contributed by atoms with Gasteiger partial charge in [0.1, 0.15) is 5.82 Å². The van der Waals surface area contributed by atoms with Gasteiger partial charge in [0.05, 0.1) is 11.4 Å². The van der Waals surface area contributed by atoms with Crippen molar-refractivity contribution in [3.63, 3.8) is 0 Å². The lowest BCUT2D eigenvalue weighted by Crippen LogP contribution is -2.49. The second-order valence-corrected chi connectivity index (χ2v) is 8.70. The first-order valence-corrected chi connectivity index (χ1v) is 11.2. The summed E-state index contributed by atoms with van der Waals surface area (Å²) in [5.74, 6) is -0.631. The Balaban J connectivity index is 1.59. The highest BCUT2D eigenvalue weighted by atomic mass is 35.5. The molecule has 0 aromatic heterocycles. The van der Waals surface area contributed by atoms with E-state index in [0.717, 1.165) is 17.5 Å². The van der Waals surface area contributed by atoms with Gasteiger partial charge in [-0.05, 0) is 73.9 Å². The highest BCUT2D eigenvalue weighted by Gasteiger charge is 2.29. The molecule has 7 heteroatoms. The van der Waals surface area contributed by atoms with Crippen molar-refractivity contribution in [3.05, 3.63) is 93.8 Å². The molecule has 0 radical (unpaired) electrons. The number of rotatable bonds is 5. The normalized spacial score (nSPS) is 13.9. The van der Waals surface area contributed by atoms with E-state index >= 15 is 0 Å². The zero-order chi connectivity index (χ0) is 23.5. The van der Waals surface area contributed by atoms with Crippen LogP contribution < -0.4 is 10.2 Å². The van der Waals surface area contributed by atoms with Crippen molar-refractivity contribution in [1.82, 2.24) is 4.90 Å². The number of carbonyl (C=O) groups excluding carboxylic acids is 2. The molecular formula is C26H25ClFN3O2. The number of urea groups is 1. The number of anilines is 2. The molecule has 1 N–H and O–H groups in total. The van der Waals surface area contributed by atoms with Gasteiger partial charge in [-0.3, -0.25) is 9.69 Å². The molecule has 0 unspecified atom stereocenters. The molecule has 1 saturated heterocycles. The van der Waals surface area contributed by atoms with Crippen LogP contribution in [-0.4, -0.2) is 29.9 Å². The van der Waals surface area contributed by atoms with Crippen LogP contribution >= 0.6 is 11.6 Å². The van der Waals surface area contributed by atoms with Crippen molar-refractivity contribution in [2.75, 3.05) is 23.3 Å². The van der Waals surface area contributed by atoms with E-state index < -0.39 is 5.82 Å². The molecule has 0 saturated carbocycles. The lowest BCUT2D eigenvalue weighted by Gasteiger charge is -2.36. The molecule has 1 fully saturated rings. The summed E-state index contributed by atoms with van der Waals surface area (Å²) in [7, 11) is 0. The van der Waals surface area contributed by atoms with Crippen molar-refractivity contribution in [2.45, 2.75) is 26.8 Å². The van der Waals surface area contributed by atoms with Gasteiger partial charge in [0, 0.05) is 30.2 Å². The average Bonchev–Trinajstić information content (AvgIpc) is 2.78. The second-order valence-electron chi connectivity index (χ2n) is 8.29. The molecule has 1 aliphatic rings. The van der Waals surface area contributed by atoms with Gasteiger partial charge in [-0.25, -0.2) is 9.18 Å². The Hall–Kier alpha value is -3.38. The molecule has 3 aromatic rings. The van der Waals surface area contributed by atoms with Crippen LogP contribution in [0.4, 0.5) is 20.6 Å². The first-order valence-electron chi connectivity index (χ1n) is 10.8. The number of hydrogen-bond acceptors (Lipinski definition) is 2. The number of carbonyl (C=O) groups is 2. The SMILES string of the molecule is Cc1cccc(C(=O)Nc2cc(C)ccc2N2CCCN(Cc3cc(F)ccc3Cl)C2=O)c1. The van der Waals surface area contributed by atoms with E-state index in [9.17, 15) is 14.0 Å². The fourth-order valence-electron chi connectivity index (χ4n) is 3.99. The Morgan fingerprint density at radius 3 is 2.61 bits per heavy atom. The second kappa shape index (κ2) is 9.63. The van der Waals surface area contributed by atoms with Crippen LogP contribution in [-0.2, 0) is 6.54 Å². The van der Waals surface area contributed by atoms with Crippen molar-refractivity contribution in [1.29, 1.82) is 0 Å². The average molecular weight is 466 g/mol. The summed E-state index contributed by atoms with van der Waals surface area (Å²) < 4.78 is 13.7. The van der Waals surface area contributed by atoms with E-state index in [1.165, 1.54) is 18.2 Å². The minimum atomic E-state index is -0.393. The minimum absolute atomic E-state index is 0.211. The summed E-state index contributed by atoms with van der Waals surface area (Å²) in [5, 5.41) is 3.39. The summed E-state index contributed by atoms with van der Waals surface area (Å²) >= 11 is 6.22. The summed E-state index contributed by atoms with van der Waals surface area (Å²) in [5.41, 5.74) is 4.26. The van der Waals surface area contributed by atoms with Crippen molar-refractivity contribution in [2.24, 2.45) is 0 Å². The smallest absolute Gasteiger partial charge is 0.320 e. The highest BCUT2D eigenvalue weighted by Crippen LogP contribution is 2.31. The summed E-state index contributed by atoms with van der Waals surface area (Å²) in [6.07, 6.45) is 0.734. The zero-order valence-corrected chi connectivity index (χ0v) is 19.3. The summed E-state index contributed by atoms with van der Waals surface area (Å²) in [6, 6.07) is 16.9. The maximum atomic E-state index is 13.7. The number of halogens is 2. The fourth-order valence-corrected chi connectivity index (χ4v) is 4.17. The molecule has 5 nitrogen and oxygen atoms in total. The Morgan fingerprint density at radius 1 is 1.03 bits per heavy atom.